The maximum Gasteiger partial charge on any atom is 0.256 e. The minimum absolute atomic E-state index is 0.0242. The topological polar surface area (TPSA) is 104 Å². The SMILES string of the molecule is Cc1ccc(NC(=O)[C@H]2CC[C@H](CN3C(=O)c4ccc(Cl)cc4NC(=O)[C@H]3Cc3ccccn3)CC2)nc1. The fourth-order valence-corrected chi connectivity index (χ4v) is 5.42. The van der Waals surface area contributed by atoms with Gasteiger partial charge in [-0.25, -0.2) is 4.98 Å². The van der Waals surface area contributed by atoms with E-state index in [9.17, 15) is 14.4 Å². The van der Waals surface area contributed by atoms with Gasteiger partial charge >= 0.3 is 0 Å². The normalized spacial score (nSPS) is 21.3. The van der Waals surface area contributed by atoms with E-state index >= 15 is 0 Å². The molecule has 1 aliphatic carbocycles. The Balaban J connectivity index is 1.30. The van der Waals surface area contributed by atoms with Crippen LogP contribution in [0.2, 0.25) is 5.02 Å². The highest BCUT2D eigenvalue weighted by Crippen LogP contribution is 2.33. The van der Waals surface area contributed by atoms with E-state index in [2.05, 4.69) is 20.6 Å². The van der Waals surface area contributed by atoms with Crippen molar-refractivity contribution in [1.82, 2.24) is 14.9 Å². The Hall–Kier alpha value is -3.78. The van der Waals surface area contributed by atoms with Crippen LogP contribution in [0.15, 0.2) is 60.9 Å². The second-order valence-electron chi connectivity index (χ2n) is 10.1. The zero-order valence-electron chi connectivity index (χ0n) is 21.2. The van der Waals surface area contributed by atoms with Crippen LogP contribution in [-0.2, 0) is 16.0 Å². The second kappa shape index (κ2) is 11.3. The van der Waals surface area contributed by atoms with Gasteiger partial charge in [-0.05, 0) is 80.5 Å². The lowest BCUT2D eigenvalue weighted by Gasteiger charge is -2.35. The standard InChI is InChI=1S/C29H30ClN5O3/c1-18-5-12-26(32-16-18)34-27(36)20-8-6-19(7-9-20)17-35-25(15-22-4-2-3-13-31-22)28(37)33-24-14-21(30)10-11-23(24)29(35)38/h2-5,10-14,16,19-20,25H,6-9,15,17H2,1H3,(H,33,37)(H,32,34,36)/t19-,20-,25-/m1/s1. The van der Waals surface area contributed by atoms with Gasteiger partial charge in [0.1, 0.15) is 11.9 Å². The minimum Gasteiger partial charge on any atom is -0.326 e. The Kier molecular flexibility index (Phi) is 7.69. The van der Waals surface area contributed by atoms with Crippen molar-refractivity contribution in [3.8, 4) is 0 Å². The second-order valence-corrected chi connectivity index (χ2v) is 10.5. The molecule has 1 aromatic carbocycles. The number of carbonyl (C=O) groups excluding carboxylic acids is 3. The van der Waals surface area contributed by atoms with Crippen molar-refractivity contribution in [2.75, 3.05) is 17.2 Å². The highest BCUT2D eigenvalue weighted by Gasteiger charge is 2.38. The molecule has 0 bridgehead atoms. The van der Waals surface area contributed by atoms with E-state index in [-0.39, 0.29) is 29.6 Å². The van der Waals surface area contributed by atoms with Crippen molar-refractivity contribution < 1.29 is 14.4 Å². The maximum absolute atomic E-state index is 13.8. The lowest BCUT2D eigenvalue weighted by molar-refractivity contribution is -0.121. The van der Waals surface area contributed by atoms with E-state index < -0.39 is 6.04 Å². The summed E-state index contributed by atoms with van der Waals surface area (Å²) < 4.78 is 0. The third kappa shape index (κ3) is 5.86. The Morgan fingerprint density at radius 3 is 2.61 bits per heavy atom. The van der Waals surface area contributed by atoms with Gasteiger partial charge in [0.15, 0.2) is 0 Å². The lowest BCUT2D eigenvalue weighted by atomic mass is 9.81. The predicted octanol–water partition coefficient (Wildman–Crippen LogP) is 4.89. The van der Waals surface area contributed by atoms with Gasteiger partial charge in [-0.2, -0.15) is 0 Å². The number of amides is 3. The van der Waals surface area contributed by atoms with Crippen LogP contribution in [-0.4, -0.2) is 45.2 Å². The number of anilines is 2. The zero-order valence-corrected chi connectivity index (χ0v) is 21.9. The molecule has 38 heavy (non-hydrogen) atoms. The van der Waals surface area contributed by atoms with Crippen molar-refractivity contribution in [2.24, 2.45) is 11.8 Å². The average Bonchev–Trinajstić information content (AvgIpc) is 3.00. The first kappa shape index (κ1) is 25.9. The van der Waals surface area contributed by atoms with E-state index in [1.807, 2.05) is 37.3 Å². The molecule has 2 N–H and O–H groups in total. The molecular formula is C29H30ClN5O3. The van der Waals surface area contributed by atoms with Crippen LogP contribution in [0.1, 0.15) is 47.3 Å². The van der Waals surface area contributed by atoms with Gasteiger partial charge in [0, 0.05) is 42.0 Å². The van der Waals surface area contributed by atoms with Crippen molar-refractivity contribution in [3.63, 3.8) is 0 Å². The molecule has 2 aliphatic rings. The first-order valence-electron chi connectivity index (χ1n) is 12.9. The molecule has 1 fully saturated rings. The first-order valence-corrected chi connectivity index (χ1v) is 13.3. The molecule has 0 saturated heterocycles. The molecule has 0 spiro atoms. The molecule has 2 aromatic heterocycles. The largest absolute Gasteiger partial charge is 0.326 e. The average molecular weight is 532 g/mol. The number of carbonyl (C=O) groups is 3. The number of halogens is 1. The number of fused-ring (bicyclic) bond motifs is 1. The fraction of sp³-hybridized carbons (Fsp3) is 0.345. The molecule has 3 aromatic rings. The number of nitrogens with one attached hydrogen (secondary N) is 2. The van der Waals surface area contributed by atoms with Crippen molar-refractivity contribution in [1.29, 1.82) is 0 Å². The lowest BCUT2D eigenvalue weighted by Crippen LogP contribution is -2.49. The number of rotatable bonds is 6. The molecule has 9 heteroatoms. The number of aromatic nitrogens is 2. The molecule has 5 rings (SSSR count). The summed E-state index contributed by atoms with van der Waals surface area (Å²) in [6, 6.07) is 13.5. The van der Waals surface area contributed by atoms with Crippen LogP contribution in [0.25, 0.3) is 0 Å². The van der Waals surface area contributed by atoms with Gasteiger partial charge in [0.2, 0.25) is 11.8 Å². The Labute approximate surface area is 226 Å². The Morgan fingerprint density at radius 2 is 1.89 bits per heavy atom. The van der Waals surface area contributed by atoms with Crippen LogP contribution >= 0.6 is 11.6 Å². The summed E-state index contributed by atoms with van der Waals surface area (Å²) in [4.78, 5) is 50.3. The molecule has 3 heterocycles. The number of hydrogen-bond acceptors (Lipinski definition) is 5. The van der Waals surface area contributed by atoms with Crippen molar-refractivity contribution >= 4 is 40.8 Å². The Bertz CT molecular complexity index is 1320. The highest BCUT2D eigenvalue weighted by molar-refractivity contribution is 6.31. The summed E-state index contributed by atoms with van der Waals surface area (Å²) in [5.74, 6) is 0.131. The molecular weight excluding hydrogens is 502 g/mol. The summed E-state index contributed by atoms with van der Waals surface area (Å²) >= 11 is 6.16. The molecule has 0 radical (unpaired) electrons. The number of benzene rings is 1. The molecule has 0 unspecified atom stereocenters. The number of pyridine rings is 2. The van der Waals surface area contributed by atoms with Gasteiger partial charge < -0.3 is 15.5 Å². The van der Waals surface area contributed by atoms with E-state index in [0.717, 1.165) is 24.1 Å². The third-order valence-electron chi connectivity index (χ3n) is 7.37. The van der Waals surface area contributed by atoms with Crippen LogP contribution in [0.4, 0.5) is 11.5 Å². The highest BCUT2D eigenvalue weighted by atomic mass is 35.5. The summed E-state index contributed by atoms with van der Waals surface area (Å²) in [6.07, 6.45) is 6.73. The first-order chi connectivity index (χ1) is 18.4. The quantitative estimate of drug-likeness (QED) is 0.471. The maximum atomic E-state index is 13.8. The van der Waals surface area contributed by atoms with E-state index in [4.69, 9.17) is 11.6 Å². The molecule has 3 amide bonds. The molecule has 1 aliphatic heterocycles. The van der Waals surface area contributed by atoms with Crippen molar-refractivity contribution in [3.05, 3.63) is 82.8 Å². The van der Waals surface area contributed by atoms with E-state index in [1.165, 1.54) is 0 Å². The Morgan fingerprint density at radius 1 is 1.08 bits per heavy atom. The summed E-state index contributed by atoms with van der Waals surface area (Å²) in [5, 5.41) is 6.28. The third-order valence-corrected chi connectivity index (χ3v) is 7.61. The molecule has 196 valence electrons. The molecule has 8 nitrogen and oxygen atoms in total. The smallest absolute Gasteiger partial charge is 0.256 e. The zero-order chi connectivity index (χ0) is 26.6. The van der Waals surface area contributed by atoms with Gasteiger partial charge in [0.25, 0.3) is 5.91 Å². The van der Waals surface area contributed by atoms with Crippen LogP contribution in [0, 0.1) is 18.8 Å². The predicted molar refractivity (Wildman–Crippen MR) is 146 cm³/mol. The van der Waals surface area contributed by atoms with E-state index in [1.54, 1.807) is 35.5 Å². The van der Waals surface area contributed by atoms with E-state index in [0.29, 0.717) is 47.9 Å². The number of aryl methyl sites for hydroxylation is 1. The number of hydrogen-bond donors (Lipinski definition) is 2. The fourth-order valence-electron chi connectivity index (χ4n) is 5.25. The summed E-state index contributed by atoms with van der Waals surface area (Å²) in [7, 11) is 0. The minimum atomic E-state index is -0.711. The van der Waals surface area contributed by atoms with Gasteiger partial charge in [-0.15, -0.1) is 0 Å². The molecule has 1 atom stereocenters. The van der Waals surface area contributed by atoms with Gasteiger partial charge in [-0.1, -0.05) is 23.7 Å². The van der Waals surface area contributed by atoms with Crippen LogP contribution in [0.3, 0.4) is 0 Å². The monoisotopic (exact) mass is 531 g/mol. The summed E-state index contributed by atoms with van der Waals surface area (Å²) in [6.45, 7) is 2.38. The van der Waals surface area contributed by atoms with Crippen LogP contribution < -0.4 is 10.6 Å². The van der Waals surface area contributed by atoms with Gasteiger partial charge in [-0.3, -0.25) is 19.4 Å². The van der Waals surface area contributed by atoms with Gasteiger partial charge in [0.05, 0.1) is 11.3 Å². The van der Waals surface area contributed by atoms with Crippen molar-refractivity contribution in [2.45, 2.75) is 45.1 Å². The summed E-state index contributed by atoms with van der Waals surface area (Å²) in [5.41, 5.74) is 2.61. The molecule has 1 saturated carbocycles. The number of nitrogens with zero attached hydrogens (tertiary/aromatic N) is 3. The van der Waals surface area contributed by atoms with Crippen LogP contribution in [0.5, 0.6) is 0 Å².